The van der Waals surface area contributed by atoms with Crippen LogP contribution in [0.4, 0.5) is 0 Å². The molecule has 0 saturated heterocycles. The van der Waals surface area contributed by atoms with E-state index in [0.29, 0.717) is 0 Å². The lowest BCUT2D eigenvalue weighted by atomic mass is 10.2. The first-order valence-corrected chi connectivity index (χ1v) is 7.83. The number of aromatic nitrogens is 2. The lowest BCUT2D eigenvalue weighted by Gasteiger charge is -1.87. The van der Waals surface area contributed by atoms with E-state index in [1.165, 1.54) is 20.2 Å². The first kappa shape index (κ1) is 17.5. The molecule has 0 radical (unpaired) electrons. The summed E-state index contributed by atoms with van der Waals surface area (Å²) in [7, 11) is 0. The van der Waals surface area contributed by atoms with Crippen LogP contribution in [0.15, 0.2) is 36.9 Å². The number of pyridine rings is 2. The second kappa shape index (κ2) is 10.4. The summed E-state index contributed by atoms with van der Waals surface area (Å²) in [6, 6.07) is 4.10. The Bertz CT molecular complexity index is 523. The maximum atomic E-state index is 4.10. The van der Waals surface area contributed by atoms with Gasteiger partial charge in [0.15, 0.2) is 0 Å². The number of rotatable bonds is 0. The van der Waals surface area contributed by atoms with Crippen LogP contribution in [-0.4, -0.2) is 9.97 Å². The first-order chi connectivity index (χ1) is 9.45. The third-order valence-electron chi connectivity index (χ3n) is 2.08. The smallest absolute Gasteiger partial charge is 0.0539 e. The van der Waals surface area contributed by atoms with E-state index in [0.717, 1.165) is 0 Å². The summed E-state index contributed by atoms with van der Waals surface area (Å²) in [5.41, 5.74) is 0. The summed E-state index contributed by atoms with van der Waals surface area (Å²) in [6.45, 7) is 12.0. The third-order valence-corrected chi connectivity index (χ3v) is 3.17. The largest absolute Gasteiger partial charge is 0.263 e. The number of hydrogen-bond donors (Lipinski definition) is 0. The summed E-state index contributed by atoms with van der Waals surface area (Å²) < 4.78 is 2.45. The Morgan fingerprint density at radius 1 is 0.684 bits per heavy atom. The summed E-state index contributed by atoms with van der Waals surface area (Å²) >= 11 is 1.74. The van der Waals surface area contributed by atoms with E-state index in [4.69, 9.17) is 0 Å². The van der Waals surface area contributed by atoms with Crippen LogP contribution in [0.25, 0.3) is 20.2 Å². The number of thiophene rings is 1. The molecule has 0 aliphatic heterocycles. The molecule has 0 aliphatic rings. The molecule has 0 N–H and O–H groups in total. The average molecular weight is 276 g/mol. The van der Waals surface area contributed by atoms with Crippen molar-refractivity contribution >= 4 is 31.5 Å². The Kier molecular flexibility index (Phi) is 9.63. The Morgan fingerprint density at radius 3 is 1.42 bits per heavy atom. The third kappa shape index (κ3) is 4.28. The van der Waals surface area contributed by atoms with Gasteiger partial charge < -0.3 is 0 Å². The minimum atomic E-state index is 1.23. The molecule has 0 unspecified atom stereocenters. The molecule has 3 aromatic rings. The van der Waals surface area contributed by atoms with Gasteiger partial charge in [-0.1, -0.05) is 41.5 Å². The van der Waals surface area contributed by atoms with Crippen LogP contribution in [0.2, 0.25) is 0 Å². The predicted octanol–water partition coefficient (Wildman–Crippen LogP) is 5.92. The van der Waals surface area contributed by atoms with Crippen molar-refractivity contribution in [2.24, 2.45) is 0 Å². The zero-order chi connectivity index (χ0) is 14.7. The van der Waals surface area contributed by atoms with Crippen molar-refractivity contribution in [3.63, 3.8) is 0 Å². The van der Waals surface area contributed by atoms with E-state index in [1.807, 2.05) is 78.5 Å². The van der Waals surface area contributed by atoms with Crippen molar-refractivity contribution in [1.82, 2.24) is 9.97 Å². The summed E-state index contributed by atoms with van der Waals surface area (Å²) in [5.74, 6) is 0. The molecule has 3 heteroatoms. The standard InChI is InChI=1S/C10H6N2S.3C2H6/c1-3-11-5-9-7(1)8-2-4-12-6-10(8)13-9;3*1-2/h1-6H;3*1-2H3. The fourth-order valence-electron chi connectivity index (χ4n) is 1.49. The van der Waals surface area contributed by atoms with Crippen molar-refractivity contribution in [3.8, 4) is 0 Å². The molecule has 0 amide bonds. The lowest BCUT2D eigenvalue weighted by Crippen LogP contribution is -1.69. The Labute approximate surface area is 120 Å². The maximum absolute atomic E-state index is 4.10. The highest BCUT2D eigenvalue weighted by Gasteiger charge is 2.02. The quantitative estimate of drug-likeness (QED) is 0.509. The average Bonchev–Trinajstić information content (AvgIpc) is 2.92. The summed E-state index contributed by atoms with van der Waals surface area (Å²) in [6.07, 6.45) is 7.46. The van der Waals surface area contributed by atoms with Crippen LogP contribution >= 0.6 is 11.3 Å². The van der Waals surface area contributed by atoms with Gasteiger partial charge in [0.25, 0.3) is 0 Å². The molecule has 0 fully saturated rings. The van der Waals surface area contributed by atoms with Crippen molar-refractivity contribution in [2.45, 2.75) is 41.5 Å². The minimum Gasteiger partial charge on any atom is -0.263 e. The second-order valence-corrected chi connectivity index (χ2v) is 3.93. The molecule has 2 nitrogen and oxygen atoms in total. The van der Waals surface area contributed by atoms with Crippen LogP contribution in [0, 0.1) is 0 Å². The molecule has 3 heterocycles. The van der Waals surface area contributed by atoms with Gasteiger partial charge in [0.1, 0.15) is 0 Å². The van der Waals surface area contributed by atoms with E-state index in [1.54, 1.807) is 11.3 Å². The SMILES string of the molecule is CC.CC.CC.c1cc2c(cn1)sc1cnccc12. The van der Waals surface area contributed by atoms with E-state index >= 15 is 0 Å². The van der Waals surface area contributed by atoms with Crippen LogP contribution < -0.4 is 0 Å². The molecule has 19 heavy (non-hydrogen) atoms. The molecule has 0 saturated carbocycles. The van der Waals surface area contributed by atoms with Crippen LogP contribution in [0.1, 0.15) is 41.5 Å². The van der Waals surface area contributed by atoms with E-state index in [9.17, 15) is 0 Å². The van der Waals surface area contributed by atoms with E-state index in [-0.39, 0.29) is 0 Å². The fraction of sp³-hybridized carbons (Fsp3) is 0.375. The van der Waals surface area contributed by atoms with E-state index in [2.05, 4.69) is 9.97 Å². The highest BCUT2D eigenvalue weighted by Crippen LogP contribution is 2.31. The summed E-state index contributed by atoms with van der Waals surface area (Å²) in [4.78, 5) is 8.20. The zero-order valence-electron chi connectivity index (χ0n) is 12.8. The highest BCUT2D eigenvalue weighted by molar-refractivity contribution is 7.25. The van der Waals surface area contributed by atoms with Crippen LogP contribution in [0.5, 0.6) is 0 Å². The molecule has 3 rings (SSSR count). The predicted molar refractivity (Wildman–Crippen MR) is 89.0 cm³/mol. The maximum Gasteiger partial charge on any atom is 0.0539 e. The molecule has 0 aliphatic carbocycles. The van der Waals surface area contributed by atoms with Crippen LogP contribution in [0.3, 0.4) is 0 Å². The Balaban J connectivity index is 0.000000482. The van der Waals surface area contributed by atoms with E-state index < -0.39 is 0 Å². The molecular formula is C16H24N2S. The van der Waals surface area contributed by atoms with Gasteiger partial charge in [-0.3, -0.25) is 9.97 Å². The van der Waals surface area contributed by atoms with Gasteiger partial charge in [-0.15, -0.1) is 11.3 Å². The number of hydrogen-bond acceptors (Lipinski definition) is 3. The molecule has 0 spiro atoms. The lowest BCUT2D eigenvalue weighted by molar-refractivity contribution is 1.37. The molecule has 3 aromatic heterocycles. The van der Waals surface area contributed by atoms with Gasteiger partial charge >= 0.3 is 0 Å². The zero-order valence-corrected chi connectivity index (χ0v) is 13.6. The molecule has 104 valence electrons. The van der Waals surface area contributed by atoms with Gasteiger partial charge in [0.2, 0.25) is 0 Å². The van der Waals surface area contributed by atoms with Crippen molar-refractivity contribution in [2.75, 3.05) is 0 Å². The number of nitrogens with zero attached hydrogens (tertiary/aromatic N) is 2. The second-order valence-electron chi connectivity index (χ2n) is 2.85. The van der Waals surface area contributed by atoms with Gasteiger partial charge in [-0.05, 0) is 12.1 Å². The van der Waals surface area contributed by atoms with Crippen LogP contribution in [-0.2, 0) is 0 Å². The monoisotopic (exact) mass is 276 g/mol. The molecule has 0 atom stereocenters. The van der Waals surface area contributed by atoms with Gasteiger partial charge in [-0.25, -0.2) is 0 Å². The Hall–Kier alpha value is -1.48. The number of fused-ring (bicyclic) bond motifs is 3. The Morgan fingerprint density at radius 2 is 1.05 bits per heavy atom. The fourth-order valence-corrected chi connectivity index (χ4v) is 2.53. The molecular weight excluding hydrogens is 252 g/mol. The molecule has 0 aromatic carbocycles. The van der Waals surface area contributed by atoms with Gasteiger partial charge in [-0.2, -0.15) is 0 Å². The van der Waals surface area contributed by atoms with Crippen molar-refractivity contribution in [1.29, 1.82) is 0 Å². The normalized spacial score (nSPS) is 8.53. The topological polar surface area (TPSA) is 25.8 Å². The summed E-state index contributed by atoms with van der Waals surface area (Å²) in [5, 5.41) is 2.55. The first-order valence-electron chi connectivity index (χ1n) is 7.01. The van der Waals surface area contributed by atoms with Crippen molar-refractivity contribution in [3.05, 3.63) is 36.9 Å². The van der Waals surface area contributed by atoms with Crippen molar-refractivity contribution < 1.29 is 0 Å². The van der Waals surface area contributed by atoms with Gasteiger partial charge in [0.05, 0.1) is 9.40 Å². The molecule has 0 bridgehead atoms. The minimum absolute atomic E-state index is 1.23. The highest BCUT2D eigenvalue weighted by atomic mass is 32.1. The van der Waals surface area contributed by atoms with Gasteiger partial charge in [0, 0.05) is 35.6 Å².